The van der Waals surface area contributed by atoms with Crippen molar-refractivity contribution in [1.29, 1.82) is 0 Å². The van der Waals surface area contributed by atoms with Crippen molar-refractivity contribution in [2.45, 2.75) is 31.7 Å². The number of nitrogens with zero attached hydrogens (tertiary/aromatic N) is 1. The third kappa shape index (κ3) is 4.77. The first-order valence-corrected chi connectivity index (χ1v) is 11.0. The van der Waals surface area contributed by atoms with Crippen molar-refractivity contribution >= 4 is 17.0 Å². The summed E-state index contributed by atoms with van der Waals surface area (Å²) in [6, 6.07) is 19.9. The summed E-state index contributed by atoms with van der Waals surface area (Å²) in [4.78, 5) is 0. The van der Waals surface area contributed by atoms with Crippen LogP contribution in [-0.4, -0.2) is 29.2 Å². The second-order valence-corrected chi connectivity index (χ2v) is 8.28. The molecule has 168 valence electrons. The molecule has 0 bridgehead atoms. The number of hydrogen-bond donors (Lipinski definition) is 2. The minimum absolute atomic E-state index is 0.0812. The molecule has 0 amide bonds. The van der Waals surface area contributed by atoms with E-state index in [1.807, 2.05) is 54.6 Å². The van der Waals surface area contributed by atoms with E-state index >= 15 is 0 Å². The number of hydrogen-bond acceptors (Lipinski definition) is 6. The standard InChI is InChI=1S/C27H25NO5/c29-23-7-9-32-27(14-23)20-3-1-2-18(10-20)16-33-24-4-5-25-22(13-24)11-19(15-28-30)12-26(25)21-6-8-31-17-21/h1-6,8,10-13,15,17,23,27,29-30H,7,9,14,16H2/b28-15+. The number of rotatable bonds is 6. The molecule has 1 aliphatic heterocycles. The van der Waals surface area contributed by atoms with Gasteiger partial charge in [-0.2, -0.15) is 0 Å². The van der Waals surface area contributed by atoms with Crippen LogP contribution in [0.5, 0.6) is 5.75 Å². The zero-order chi connectivity index (χ0) is 22.6. The van der Waals surface area contributed by atoms with Gasteiger partial charge in [0, 0.05) is 18.6 Å². The second-order valence-electron chi connectivity index (χ2n) is 8.28. The van der Waals surface area contributed by atoms with Crippen molar-refractivity contribution < 1.29 is 24.2 Å². The maximum atomic E-state index is 9.95. The highest BCUT2D eigenvalue weighted by molar-refractivity contribution is 6.01. The van der Waals surface area contributed by atoms with Crippen LogP contribution in [0.1, 0.15) is 35.6 Å². The van der Waals surface area contributed by atoms with Crippen molar-refractivity contribution in [3.8, 4) is 16.9 Å². The van der Waals surface area contributed by atoms with Crippen LogP contribution >= 0.6 is 0 Å². The molecule has 0 radical (unpaired) electrons. The van der Waals surface area contributed by atoms with E-state index in [-0.39, 0.29) is 12.2 Å². The van der Waals surface area contributed by atoms with Gasteiger partial charge in [0.25, 0.3) is 0 Å². The molecule has 1 fully saturated rings. The molecule has 1 saturated heterocycles. The predicted octanol–water partition coefficient (Wildman–Crippen LogP) is 5.70. The lowest BCUT2D eigenvalue weighted by atomic mass is 9.97. The predicted molar refractivity (Wildman–Crippen MR) is 126 cm³/mol. The SMILES string of the molecule is O/N=C/c1cc(-c2ccoc2)c2ccc(OCc3cccc(C4CC(O)CCO4)c3)cc2c1. The van der Waals surface area contributed by atoms with Crippen LogP contribution in [0.2, 0.25) is 0 Å². The van der Waals surface area contributed by atoms with Gasteiger partial charge in [-0.1, -0.05) is 29.4 Å². The summed E-state index contributed by atoms with van der Waals surface area (Å²) in [6.07, 6.45) is 5.66. The summed E-state index contributed by atoms with van der Waals surface area (Å²) >= 11 is 0. The second kappa shape index (κ2) is 9.48. The molecule has 0 saturated carbocycles. The van der Waals surface area contributed by atoms with Crippen LogP contribution in [-0.2, 0) is 11.3 Å². The summed E-state index contributed by atoms with van der Waals surface area (Å²) in [5, 5.41) is 24.2. The molecular weight excluding hydrogens is 418 g/mol. The van der Waals surface area contributed by atoms with E-state index in [2.05, 4.69) is 11.2 Å². The molecule has 1 aromatic heterocycles. The molecule has 2 N–H and O–H groups in total. The number of fused-ring (bicyclic) bond motifs is 1. The fourth-order valence-corrected chi connectivity index (χ4v) is 4.32. The Morgan fingerprint density at radius 1 is 1.09 bits per heavy atom. The van der Waals surface area contributed by atoms with Crippen LogP contribution in [0.25, 0.3) is 21.9 Å². The van der Waals surface area contributed by atoms with E-state index in [9.17, 15) is 5.11 Å². The molecule has 5 rings (SSSR count). The molecule has 0 aliphatic carbocycles. The average Bonchev–Trinajstić information content (AvgIpc) is 3.37. The van der Waals surface area contributed by atoms with E-state index in [0.29, 0.717) is 26.1 Å². The molecule has 6 heteroatoms. The van der Waals surface area contributed by atoms with Gasteiger partial charge in [-0.25, -0.2) is 0 Å². The monoisotopic (exact) mass is 443 g/mol. The maximum Gasteiger partial charge on any atom is 0.120 e. The lowest BCUT2D eigenvalue weighted by molar-refractivity contribution is -0.0448. The molecule has 2 atom stereocenters. The van der Waals surface area contributed by atoms with Gasteiger partial charge in [0.05, 0.1) is 30.9 Å². The molecule has 1 aliphatic rings. The Morgan fingerprint density at radius 3 is 2.85 bits per heavy atom. The Bertz CT molecular complexity index is 1260. The Hall–Kier alpha value is -3.61. The largest absolute Gasteiger partial charge is 0.489 e. The number of furan rings is 1. The molecule has 6 nitrogen and oxygen atoms in total. The fraction of sp³-hybridized carbons (Fsp3) is 0.222. The number of benzene rings is 3. The minimum Gasteiger partial charge on any atom is -0.489 e. The number of aliphatic hydroxyl groups is 1. The first-order valence-electron chi connectivity index (χ1n) is 11.0. The zero-order valence-corrected chi connectivity index (χ0v) is 18.1. The van der Waals surface area contributed by atoms with Gasteiger partial charge in [-0.3, -0.25) is 0 Å². The van der Waals surface area contributed by atoms with Crippen LogP contribution in [0, 0.1) is 0 Å². The summed E-state index contributed by atoms with van der Waals surface area (Å²) in [5.41, 5.74) is 4.82. The van der Waals surface area contributed by atoms with Crippen molar-refractivity contribution in [3.05, 3.63) is 89.9 Å². The number of aliphatic hydroxyl groups excluding tert-OH is 1. The molecular formula is C27H25NO5. The molecule has 2 unspecified atom stereocenters. The normalized spacial score (nSPS) is 18.7. The maximum absolute atomic E-state index is 9.95. The summed E-state index contributed by atoms with van der Waals surface area (Å²) in [5.74, 6) is 0.744. The van der Waals surface area contributed by atoms with Crippen LogP contribution < -0.4 is 4.74 Å². The highest BCUT2D eigenvalue weighted by Gasteiger charge is 2.22. The molecule has 2 heterocycles. The van der Waals surface area contributed by atoms with Gasteiger partial charge in [0.15, 0.2) is 0 Å². The number of ether oxygens (including phenoxy) is 2. The molecule has 33 heavy (non-hydrogen) atoms. The van der Waals surface area contributed by atoms with Crippen molar-refractivity contribution in [2.24, 2.45) is 5.16 Å². The summed E-state index contributed by atoms with van der Waals surface area (Å²) in [6.45, 7) is 0.994. The fourth-order valence-electron chi connectivity index (χ4n) is 4.32. The van der Waals surface area contributed by atoms with Gasteiger partial charge >= 0.3 is 0 Å². The Morgan fingerprint density at radius 2 is 2.03 bits per heavy atom. The van der Waals surface area contributed by atoms with Crippen molar-refractivity contribution in [3.63, 3.8) is 0 Å². The zero-order valence-electron chi connectivity index (χ0n) is 18.1. The minimum atomic E-state index is -0.311. The van der Waals surface area contributed by atoms with Gasteiger partial charge in [0.2, 0.25) is 0 Å². The average molecular weight is 443 g/mol. The highest BCUT2D eigenvalue weighted by Crippen LogP contribution is 2.33. The van der Waals surface area contributed by atoms with Gasteiger partial charge < -0.3 is 24.2 Å². The summed E-state index contributed by atoms with van der Waals surface area (Å²) < 4.78 is 17.2. The Kier molecular flexibility index (Phi) is 6.11. The van der Waals surface area contributed by atoms with E-state index < -0.39 is 0 Å². The quantitative estimate of drug-likeness (QED) is 0.227. The van der Waals surface area contributed by atoms with Gasteiger partial charge in [-0.05, 0) is 75.8 Å². The van der Waals surface area contributed by atoms with Gasteiger partial charge in [0.1, 0.15) is 12.4 Å². The topological polar surface area (TPSA) is 84.4 Å². The smallest absolute Gasteiger partial charge is 0.120 e. The first kappa shape index (κ1) is 21.2. The van der Waals surface area contributed by atoms with Crippen molar-refractivity contribution in [2.75, 3.05) is 6.61 Å². The van der Waals surface area contributed by atoms with E-state index in [4.69, 9.17) is 19.1 Å². The van der Waals surface area contributed by atoms with Crippen LogP contribution in [0.15, 0.2) is 82.8 Å². The van der Waals surface area contributed by atoms with Crippen LogP contribution in [0.4, 0.5) is 0 Å². The van der Waals surface area contributed by atoms with E-state index in [1.54, 1.807) is 12.5 Å². The summed E-state index contributed by atoms with van der Waals surface area (Å²) in [7, 11) is 0. The molecule has 4 aromatic rings. The Balaban J connectivity index is 1.38. The van der Waals surface area contributed by atoms with E-state index in [0.717, 1.165) is 44.3 Å². The van der Waals surface area contributed by atoms with Crippen molar-refractivity contribution in [1.82, 2.24) is 0 Å². The molecule has 3 aromatic carbocycles. The van der Waals surface area contributed by atoms with Crippen LogP contribution in [0.3, 0.4) is 0 Å². The third-order valence-corrected chi connectivity index (χ3v) is 5.97. The lowest BCUT2D eigenvalue weighted by Gasteiger charge is -2.27. The Labute approximate surface area is 191 Å². The first-order chi connectivity index (χ1) is 16.2. The van der Waals surface area contributed by atoms with Gasteiger partial charge in [-0.15, -0.1) is 0 Å². The number of oxime groups is 1. The third-order valence-electron chi connectivity index (χ3n) is 5.97. The lowest BCUT2D eigenvalue weighted by Crippen LogP contribution is -2.23. The van der Waals surface area contributed by atoms with E-state index in [1.165, 1.54) is 6.21 Å². The molecule has 0 spiro atoms. The highest BCUT2D eigenvalue weighted by atomic mass is 16.5.